The summed E-state index contributed by atoms with van der Waals surface area (Å²) in [4.78, 5) is 135. The minimum absolute atomic E-state index is 0.0188. The number of ether oxygens (including phenoxy) is 4. The molecule has 1 saturated heterocycles. The van der Waals surface area contributed by atoms with Crippen molar-refractivity contribution in [3.63, 3.8) is 0 Å². The van der Waals surface area contributed by atoms with Crippen LogP contribution in [0.1, 0.15) is 177 Å². The molecule has 6 aliphatic rings. The van der Waals surface area contributed by atoms with E-state index in [-0.39, 0.29) is 85.2 Å². The van der Waals surface area contributed by atoms with Gasteiger partial charge < -0.3 is 86.2 Å². The van der Waals surface area contributed by atoms with Crippen molar-refractivity contribution in [1.82, 2.24) is 26.6 Å². The molecular formula is C74H87Cl2N5O22. The Morgan fingerprint density at radius 1 is 0.641 bits per heavy atom. The number of halogens is 2. The number of aliphatic hydroxyl groups excluding tert-OH is 6. The molecule has 554 valence electrons. The van der Waals surface area contributed by atoms with Crippen LogP contribution < -0.4 is 40.8 Å². The molecule has 6 aliphatic heterocycles. The van der Waals surface area contributed by atoms with Crippen molar-refractivity contribution in [2.75, 3.05) is 6.61 Å². The molecule has 5 aromatic carbocycles. The fourth-order valence-corrected chi connectivity index (χ4v) is 13.6. The third kappa shape index (κ3) is 18.4. The molecule has 11 rings (SSSR count). The van der Waals surface area contributed by atoms with Gasteiger partial charge in [-0.1, -0.05) is 109 Å². The average molecular weight is 1470 g/mol. The van der Waals surface area contributed by atoms with Gasteiger partial charge in [0.05, 0.1) is 28.5 Å². The Morgan fingerprint density at radius 3 is 1.89 bits per heavy atom. The highest BCUT2D eigenvalue weighted by atomic mass is 35.5. The molecule has 5 aromatic rings. The first-order valence-corrected chi connectivity index (χ1v) is 35.1. The Kier molecular flexibility index (Phi) is 26.0. The van der Waals surface area contributed by atoms with Crippen LogP contribution in [0.3, 0.4) is 0 Å². The first-order valence-electron chi connectivity index (χ1n) is 34.4. The molecule has 0 radical (unpaired) electrons. The largest absolute Gasteiger partial charge is 0.508 e. The van der Waals surface area contributed by atoms with E-state index in [0.717, 1.165) is 55.7 Å². The SMILES string of the molecule is CCCCCCCC(=O)NC(=O)C[C@@H]1CC(=O)[C@H](NC(=O)[C@H](CC)CC(C)C)[C@H](O)c2ccc(c(Cl)c2)Oc2cc3cc(c2O[C@@H]2O[C@H](CO)[C@@H](O)[C@H](O)[C@H]2O)Oc2ccc(cc2Cl)[C@@H](O)[C@@H]2NC(=O)[C@H](CC(=O)[C@@H]3NC1=O)c1ccc(O)c(c1)-c1c(O)cc(O)cc1[C@@H](C(=O)CC(C)C)NC2=O. The number of rotatable bonds is 19. The van der Waals surface area contributed by atoms with Crippen molar-refractivity contribution in [1.29, 1.82) is 0 Å². The van der Waals surface area contributed by atoms with Gasteiger partial charge in [0.1, 0.15) is 89.5 Å². The van der Waals surface area contributed by atoms with Gasteiger partial charge in [-0.05, 0) is 114 Å². The molecule has 14 N–H and O–H groups in total. The number of aromatic hydroxyl groups is 3. The van der Waals surface area contributed by atoms with Gasteiger partial charge in [0, 0.05) is 55.2 Å². The molecule has 6 amide bonds. The summed E-state index contributed by atoms with van der Waals surface area (Å²) in [5.41, 5.74) is -1.69. The van der Waals surface area contributed by atoms with Crippen LogP contribution in [0.2, 0.25) is 10.0 Å². The van der Waals surface area contributed by atoms with E-state index in [4.69, 9.17) is 42.1 Å². The second-order valence-electron chi connectivity index (χ2n) is 27.4. The number of ketones is 3. The van der Waals surface area contributed by atoms with Crippen LogP contribution in [0.5, 0.6) is 46.0 Å². The maximum absolute atomic E-state index is 16.3. The Bertz CT molecular complexity index is 4040. The number of phenolic OH excluding ortho intramolecular Hbond substituents is 3. The molecule has 0 saturated carbocycles. The second-order valence-corrected chi connectivity index (χ2v) is 28.2. The first kappa shape index (κ1) is 78.4. The van der Waals surface area contributed by atoms with Crippen LogP contribution in [-0.2, 0) is 47.9 Å². The van der Waals surface area contributed by atoms with Crippen LogP contribution in [0, 0.1) is 23.7 Å². The molecule has 1 fully saturated rings. The fraction of sp³-hybridized carbons (Fsp3) is 0.473. The number of carbonyl (C=O) groups excluding carboxylic acids is 9. The smallest absolute Gasteiger partial charge is 0.246 e. The van der Waals surface area contributed by atoms with E-state index in [2.05, 4.69) is 26.6 Å². The van der Waals surface area contributed by atoms with Gasteiger partial charge in [-0.25, -0.2) is 0 Å². The lowest BCUT2D eigenvalue weighted by Crippen LogP contribution is -2.60. The number of hydrogen-bond acceptors (Lipinski definition) is 22. The highest BCUT2D eigenvalue weighted by Crippen LogP contribution is 2.50. The summed E-state index contributed by atoms with van der Waals surface area (Å²) in [5.74, 6) is -18.2. The predicted molar refractivity (Wildman–Crippen MR) is 371 cm³/mol. The minimum atomic E-state index is -2.18. The van der Waals surface area contributed by atoms with E-state index >= 15 is 24.0 Å². The molecule has 27 nitrogen and oxygen atoms in total. The van der Waals surface area contributed by atoms with Crippen LogP contribution in [-0.4, -0.2) is 148 Å². The quantitative estimate of drug-likeness (QED) is 0.0360. The lowest BCUT2D eigenvalue weighted by molar-refractivity contribution is -0.277. The standard InChI is InChI=1S/C74H87Cl2N5O22/c1-7-9-10-11-12-13-57(89)77-58(90)28-40-25-50(87)62(80-70(96)35(8-2)20-33(3)4)64(91)37-15-18-52(45(75)23-37)100-54-26-39-27-55(69(54)103-74-68(95)67(94)66(93)56(32-82)102-74)101-53-19-16-38(24-46(53)76)65(92)63-73(99)79-61(49(86)21-34(5)6)44-29-41(83)30-48(85)59(44)43-22-36(14-17-47(43)84)42(72(98)81-63)31-51(88)60(39)78-71(40)97/h14-19,22-24,26-27,29-30,33-35,40,42,56,60-68,74,82-85,91-95H,7-13,20-21,25,28,31-32H2,1-6H3,(H,78,97)(H,79,99)(H,80,96)(H,81,98)(H,77,89,90)/t35-,40+,42-,56-,60-,61+,62+,63+,64-,65-,66-,67+,68-,74+/m1/s1. The topological polar surface area (TPSA) is 433 Å². The number of aliphatic hydroxyl groups is 6. The molecule has 11 bridgehead atoms. The molecule has 103 heavy (non-hydrogen) atoms. The van der Waals surface area contributed by atoms with Crippen LogP contribution in [0.4, 0.5) is 0 Å². The molecule has 29 heteroatoms. The summed E-state index contributed by atoms with van der Waals surface area (Å²) >= 11 is 14.1. The number of Topliss-reactive ketones (excluding diaryl/α,β-unsaturated/α-hetero) is 3. The highest BCUT2D eigenvalue weighted by Gasteiger charge is 2.47. The maximum Gasteiger partial charge on any atom is 0.246 e. The van der Waals surface area contributed by atoms with Crippen LogP contribution in [0.15, 0.2) is 78.9 Å². The molecular weight excluding hydrogens is 1380 g/mol. The summed E-state index contributed by atoms with van der Waals surface area (Å²) in [6.07, 6.45) is -12.9. The summed E-state index contributed by atoms with van der Waals surface area (Å²) in [7, 11) is 0. The molecule has 0 spiro atoms. The van der Waals surface area contributed by atoms with E-state index < -0.39 is 198 Å². The molecule has 6 heterocycles. The van der Waals surface area contributed by atoms with Gasteiger partial charge >= 0.3 is 0 Å². The molecule has 0 aliphatic carbocycles. The van der Waals surface area contributed by atoms with Gasteiger partial charge in [0.2, 0.25) is 47.5 Å². The number of imide groups is 1. The Morgan fingerprint density at radius 2 is 1.28 bits per heavy atom. The third-order valence-electron chi connectivity index (χ3n) is 18.7. The lowest BCUT2D eigenvalue weighted by atomic mass is 9.84. The third-order valence-corrected chi connectivity index (χ3v) is 19.3. The van der Waals surface area contributed by atoms with Crippen molar-refractivity contribution in [3.8, 4) is 57.1 Å². The Hall–Kier alpha value is -8.77. The monoisotopic (exact) mass is 1470 g/mol. The van der Waals surface area contributed by atoms with Crippen molar-refractivity contribution in [2.24, 2.45) is 23.7 Å². The first-order chi connectivity index (χ1) is 48.9. The summed E-state index contributed by atoms with van der Waals surface area (Å²) in [6.45, 7) is 10.0. The molecule has 14 atom stereocenters. The van der Waals surface area contributed by atoms with Gasteiger partial charge in [-0.2, -0.15) is 0 Å². The molecule has 0 unspecified atom stereocenters. The average Bonchev–Trinajstić information content (AvgIpc) is 0.768. The number of nitrogens with one attached hydrogen (secondary N) is 5. The number of hydrogen-bond donors (Lipinski definition) is 14. The van der Waals surface area contributed by atoms with E-state index in [1.165, 1.54) is 42.5 Å². The maximum atomic E-state index is 16.3. The lowest BCUT2D eigenvalue weighted by Gasteiger charge is -2.39. The second kappa shape index (κ2) is 34.2. The minimum Gasteiger partial charge on any atom is -0.508 e. The van der Waals surface area contributed by atoms with Gasteiger partial charge in [-0.15, -0.1) is 0 Å². The number of carbonyl (C=O) groups is 9. The van der Waals surface area contributed by atoms with Crippen molar-refractivity contribution >= 4 is 76.0 Å². The van der Waals surface area contributed by atoms with Crippen LogP contribution in [0.25, 0.3) is 11.1 Å². The van der Waals surface area contributed by atoms with Crippen molar-refractivity contribution < 1.29 is 108 Å². The zero-order valence-electron chi connectivity index (χ0n) is 57.5. The summed E-state index contributed by atoms with van der Waals surface area (Å²) in [5, 5.41) is 116. The molecule has 0 aromatic heterocycles. The predicted octanol–water partition coefficient (Wildman–Crippen LogP) is 7.33. The van der Waals surface area contributed by atoms with Gasteiger partial charge in [-0.3, -0.25) is 48.5 Å². The van der Waals surface area contributed by atoms with E-state index in [9.17, 15) is 65.1 Å². The highest BCUT2D eigenvalue weighted by molar-refractivity contribution is 6.32. The van der Waals surface area contributed by atoms with E-state index in [0.29, 0.717) is 25.7 Å². The van der Waals surface area contributed by atoms with Crippen LogP contribution >= 0.6 is 23.2 Å². The van der Waals surface area contributed by atoms with E-state index in [1.54, 1.807) is 20.8 Å². The number of benzene rings is 5. The zero-order valence-corrected chi connectivity index (χ0v) is 59.0. The summed E-state index contributed by atoms with van der Waals surface area (Å²) < 4.78 is 25.3. The number of phenols is 3. The van der Waals surface area contributed by atoms with Gasteiger partial charge in [0.25, 0.3) is 0 Å². The van der Waals surface area contributed by atoms with E-state index in [1.807, 2.05) is 20.8 Å². The Labute approximate surface area is 603 Å². The number of fused-ring (bicyclic) bond motifs is 15. The Balaban J connectivity index is 1.31. The van der Waals surface area contributed by atoms with Crippen molar-refractivity contribution in [2.45, 2.75) is 192 Å². The normalized spacial score (nSPS) is 24.7. The summed E-state index contributed by atoms with van der Waals surface area (Å²) in [6, 6.07) is 6.88. The number of amides is 6. The zero-order chi connectivity index (χ0) is 75.0. The fourth-order valence-electron chi connectivity index (χ4n) is 13.2. The number of unbranched alkanes of at least 4 members (excludes halogenated alkanes) is 4. The van der Waals surface area contributed by atoms with Crippen molar-refractivity contribution in [3.05, 3.63) is 117 Å². The van der Waals surface area contributed by atoms with Gasteiger partial charge in [0.15, 0.2) is 28.8 Å².